The summed E-state index contributed by atoms with van der Waals surface area (Å²) in [5, 5.41) is 30.0. The lowest BCUT2D eigenvalue weighted by atomic mass is 9.48. The van der Waals surface area contributed by atoms with Gasteiger partial charge in [-0.05, 0) is 209 Å². The maximum Gasteiger partial charge on any atom is 0.417 e. The molecule has 8 rings (SSSR count). The van der Waals surface area contributed by atoms with Crippen molar-refractivity contribution in [1.29, 1.82) is 0 Å². The summed E-state index contributed by atoms with van der Waals surface area (Å²) in [7, 11) is 1.73. The molecule has 8 fully saturated rings. The Bertz CT molecular complexity index is 1430. The zero-order valence-electron chi connectivity index (χ0n) is 33.5. The van der Waals surface area contributed by atoms with Crippen molar-refractivity contribution in [2.24, 2.45) is 81.8 Å². The van der Waals surface area contributed by atoms with Gasteiger partial charge in [0, 0.05) is 7.11 Å². The van der Waals surface area contributed by atoms with Crippen molar-refractivity contribution in [2.75, 3.05) is 20.3 Å². The minimum Gasteiger partial charge on any atom is -0.392 e. The van der Waals surface area contributed by atoms with Crippen LogP contribution in [0.1, 0.15) is 129 Å². The Morgan fingerprint density at radius 3 is 1.35 bits per heavy atom. The minimum absolute atomic E-state index is 0.0144. The van der Waals surface area contributed by atoms with E-state index in [9.17, 15) is 41.7 Å². The Balaban J connectivity index is 0.000000169. The van der Waals surface area contributed by atoms with Crippen molar-refractivity contribution in [3.63, 3.8) is 0 Å². The molecule has 0 aliphatic heterocycles. The van der Waals surface area contributed by atoms with E-state index in [0.29, 0.717) is 78.6 Å². The van der Waals surface area contributed by atoms with Crippen LogP contribution in [0.25, 0.3) is 0 Å². The summed E-state index contributed by atoms with van der Waals surface area (Å²) in [6, 6.07) is 0. The maximum absolute atomic E-state index is 13.4. The first-order chi connectivity index (χ1) is 25.7. The molecule has 0 aromatic heterocycles. The topological polar surface area (TPSA) is 69.9 Å². The standard InChI is InChI=1S/C23H35F3O2.C22H33F3O2/c1-14(13-28-3)19-6-7-20-18-5-4-15-12-22(27,23(24,25)26)11-9-16(15)17(18)8-10-21(19,20)2;1-13(12-26)18-5-6-19-17-4-3-14-11-21(27,22(23,24)25)10-8-15(14)16(17)7-9-20(18,19)2/h15-20,27H,1,4-13H2,2-3H3;14-19,26-27H,1,3-12H2,2H3/t15-,16+,17?,18-,19-,20+,21-,22-;14-,15+,16?,17-,18-,19+,20-,21-/m11/s1. The van der Waals surface area contributed by atoms with Gasteiger partial charge >= 0.3 is 12.4 Å². The summed E-state index contributed by atoms with van der Waals surface area (Å²) in [4.78, 5) is 0. The molecule has 8 saturated carbocycles. The van der Waals surface area contributed by atoms with Crippen LogP contribution in [0.3, 0.4) is 0 Å². The minimum atomic E-state index is -4.51. The summed E-state index contributed by atoms with van der Waals surface area (Å²) in [5.41, 5.74) is -2.30. The molecule has 10 heteroatoms. The first-order valence-electron chi connectivity index (χ1n) is 21.7. The molecule has 0 aromatic carbocycles. The predicted octanol–water partition coefficient (Wildman–Crippen LogP) is 10.8. The molecule has 0 heterocycles. The highest BCUT2D eigenvalue weighted by Gasteiger charge is 2.64. The lowest BCUT2D eigenvalue weighted by Crippen LogP contribution is -2.55. The Morgan fingerprint density at radius 2 is 0.964 bits per heavy atom. The molecule has 0 saturated heterocycles. The van der Waals surface area contributed by atoms with E-state index in [0.717, 1.165) is 69.8 Å². The van der Waals surface area contributed by atoms with Crippen LogP contribution in [-0.4, -0.2) is 59.2 Å². The molecule has 314 valence electrons. The van der Waals surface area contributed by atoms with Crippen molar-refractivity contribution in [2.45, 2.75) is 153 Å². The van der Waals surface area contributed by atoms with Gasteiger partial charge in [0.2, 0.25) is 0 Å². The van der Waals surface area contributed by atoms with E-state index in [1.165, 1.54) is 18.4 Å². The number of fused-ring (bicyclic) bond motifs is 10. The Hall–Kier alpha value is -1.10. The molecule has 0 radical (unpaired) electrons. The van der Waals surface area contributed by atoms with Gasteiger partial charge in [-0.3, -0.25) is 0 Å². The molecule has 16 atom stereocenters. The van der Waals surface area contributed by atoms with Gasteiger partial charge in [-0.25, -0.2) is 0 Å². The second-order valence-electron chi connectivity index (χ2n) is 20.7. The largest absolute Gasteiger partial charge is 0.417 e. The zero-order valence-corrected chi connectivity index (χ0v) is 33.5. The number of halogens is 6. The fourth-order valence-electron chi connectivity index (χ4n) is 16.0. The number of rotatable bonds is 5. The second-order valence-corrected chi connectivity index (χ2v) is 20.7. The third kappa shape index (κ3) is 7.00. The number of aliphatic hydroxyl groups excluding tert-OH is 1. The number of aliphatic hydroxyl groups is 3. The van der Waals surface area contributed by atoms with Crippen molar-refractivity contribution in [3.8, 4) is 0 Å². The Labute approximate surface area is 325 Å². The van der Waals surface area contributed by atoms with E-state index in [2.05, 4.69) is 27.0 Å². The fraction of sp³-hybridized carbons (Fsp3) is 0.911. The summed E-state index contributed by atoms with van der Waals surface area (Å²) < 4.78 is 85.4. The number of alkyl halides is 6. The monoisotopic (exact) mass is 787 g/mol. The van der Waals surface area contributed by atoms with Crippen molar-refractivity contribution < 1.29 is 46.4 Å². The SMILES string of the molecule is C=C(CO)[C@H]1CC[C@H]2[C@@H]3CC[C@@H]4C[C@@](O)(C(F)(F)F)CC[C@@H]4C3CC[C@]12C.C=C(COC)[C@H]1CC[C@H]2[C@@H]3CC[C@@H]4C[C@@](O)(C(F)(F)F)CC[C@@H]4C3CC[C@]12C. The normalized spacial score (nSPS) is 49.2. The molecular formula is C45H68F6O4. The van der Waals surface area contributed by atoms with E-state index in [1.807, 2.05) is 0 Å². The lowest BCUT2D eigenvalue weighted by molar-refractivity contribution is -0.282. The van der Waals surface area contributed by atoms with E-state index in [1.54, 1.807) is 7.11 Å². The highest BCUT2D eigenvalue weighted by molar-refractivity contribution is 5.17. The molecule has 8 aliphatic rings. The molecule has 0 amide bonds. The number of hydrogen-bond donors (Lipinski definition) is 3. The third-order valence-electron chi connectivity index (χ3n) is 18.6. The predicted molar refractivity (Wildman–Crippen MR) is 200 cm³/mol. The highest BCUT2D eigenvalue weighted by atomic mass is 19.4. The summed E-state index contributed by atoms with van der Waals surface area (Å²) >= 11 is 0. The van der Waals surface area contributed by atoms with E-state index in [4.69, 9.17) is 4.74 Å². The fourth-order valence-corrected chi connectivity index (χ4v) is 16.0. The van der Waals surface area contributed by atoms with E-state index >= 15 is 0 Å². The van der Waals surface area contributed by atoms with Crippen molar-refractivity contribution >= 4 is 0 Å². The highest BCUT2D eigenvalue weighted by Crippen LogP contribution is 2.68. The van der Waals surface area contributed by atoms with Gasteiger partial charge in [-0.2, -0.15) is 26.3 Å². The van der Waals surface area contributed by atoms with E-state index < -0.39 is 23.6 Å². The van der Waals surface area contributed by atoms with Crippen LogP contribution in [0.4, 0.5) is 26.3 Å². The van der Waals surface area contributed by atoms with Crippen molar-refractivity contribution in [1.82, 2.24) is 0 Å². The average molecular weight is 787 g/mol. The Kier molecular flexibility index (Phi) is 11.4. The number of hydrogen-bond acceptors (Lipinski definition) is 4. The van der Waals surface area contributed by atoms with Gasteiger partial charge in [-0.1, -0.05) is 27.0 Å². The molecule has 0 bridgehead atoms. The lowest BCUT2D eigenvalue weighted by Gasteiger charge is -2.57. The van der Waals surface area contributed by atoms with E-state index in [-0.39, 0.29) is 55.0 Å². The second kappa shape index (κ2) is 14.9. The van der Waals surface area contributed by atoms with Gasteiger partial charge in [0.05, 0.1) is 13.2 Å². The van der Waals surface area contributed by atoms with Gasteiger partial charge in [0.15, 0.2) is 11.2 Å². The average Bonchev–Trinajstić information content (AvgIpc) is 3.67. The van der Waals surface area contributed by atoms with Gasteiger partial charge in [0.25, 0.3) is 0 Å². The molecule has 2 unspecified atom stereocenters. The summed E-state index contributed by atoms with van der Waals surface area (Å²) in [5.74, 6) is 5.21. The first kappa shape index (κ1) is 42.0. The molecule has 0 spiro atoms. The first-order valence-corrected chi connectivity index (χ1v) is 21.7. The van der Waals surface area contributed by atoms with Crippen LogP contribution in [-0.2, 0) is 4.74 Å². The molecule has 55 heavy (non-hydrogen) atoms. The number of ether oxygens (including phenoxy) is 1. The number of methoxy groups -OCH3 is 1. The molecular weight excluding hydrogens is 718 g/mol. The van der Waals surface area contributed by atoms with Gasteiger partial charge in [0.1, 0.15) is 0 Å². The molecule has 4 nitrogen and oxygen atoms in total. The van der Waals surface area contributed by atoms with Crippen LogP contribution >= 0.6 is 0 Å². The summed E-state index contributed by atoms with van der Waals surface area (Å²) in [6.07, 6.45) is 4.39. The quantitative estimate of drug-likeness (QED) is 0.192. The van der Waals surface area contributed by atoms with Crippen LogP contribution < -0.4 is 0 Å². The Morgan fingerprint density at radius 1 is 0.564 bits per heavy atom. The maximum atomic E-state index is 13.4. The van der Waals surface area contributed by atoms with Crippen LogP contribution in [0.2, 0.25) is 0 Å². The van der Waals surface area contributed by atoms with Crippen LogP contribution in [0, 0.1) is 81.8 Å². The molecule has 3 N–H and O–H groups in total. The van der Waals surface area contributed by atoms with Crippen LogP contribution in [0.5, 0.6) is 0 Å². The smallest absolute Gasteiger partial charge is 0.392 e. The van der Waals surface area contributed by atoms with Gasteiger partial charge in [-0.15, -0.1) is 0 Å². The molecule has 8 aliphatic carbocycles. The molecule has 0 aromatic rings. The van der Waals surface area contributed by atoms with Crippen LogP contribution in [0.15, 0.2) is 24.3 Å². The zero-order chi connectivity index (χ0) is 39.9. The third-order valence-corrected chi connectivity index (χ3v) is 18.6. The van der Waals surface area contributed by atoms with Gasteiger partial charge < -0.3 is 20.1 Å². The van der Waals surface area contributed by atoms with Crippen molar-refractivity contribution in [3.05, 3.63) is 24.3 Å². The summed E-state index contributed by atoms with van der Waals surface area (Å²) in [6.45, 7) is 13.9.